The van der Waals surface area contributed by atoms with Crippen LogP contribution in [-0.2, 0) is 17.8 Å². The molecule has 0 bridgehead atoms. The maximum Gasteiger partial charge on any atom is 0.260 e. The van der Waals surface area contributed by atoms with Gasteiger partial charge in [-0.1, -0.05) is 30.3 Å². The monoisotopic (exact) mass is 474 g/mol. The third-order valence-corrected chi connectivity index (χ3v) is 5.98. The van der Waals surface area contributed by atoms with Crippen LogP contribution in [0.25, 0.3) is 0 Å². The summed E-state index contributed by atoms with van der Waals surface area (Å²) in [5.74, 6) is 1.28. The van der Waals surface area contributed by atoms with E-state index >= 15 is 0 Å². The molecule has 1 unspecified atom stereocenters. The Morgan fingerprint density at radius 2 is 1.79 bits per heavy atom. The highest BCUT2D eigenvalue weighted by molar-refractivity contribution is 5.85. The minimum absolute atomic E-state index is 0. The van der Waals surface area contributed by atoms with Gasteiger partial charge in [0.05, 0.1) is 6.61 Å². The van der Waals surface area contributed by atoms with Gasteiger partial charge in [0.25, 0.3) is 5.91 Å². The van der Waals surface area contributed by atoms with Crippen molar-refractivity contribution < 1.29 is 14.3 Å². The maximum absolute atomic E-state index is 12.7. The van der Waals surface area contributed by atoms with Gasteiger partial charge in [-0.15, -0.1) is 12.4 Å². The number of fused-ring (bicyclic) bond motifs is 1. The molecule has 2 aromatic carbocycles. The van der Waals surface area contributed by atoms with Gasteiger partial charge in [-0.25, -0.2) is 0 Å². The number of nitrogens with zero attached hydrogens (tertiary/aromatic N) is 1. The van der Waals surface area contributed by atoms with Crippen LogP contribution in [0.15, 0.2) is 42.5 Å². The number of nitrogens with one attached hydrogen (secondary N) is 1. The molecule has 6 heteroatoms. The van der Waals surface area contributed by atoms with E-state index < -0.39 is 0 Å². The van der Waals surface area contributed by atoms with E-state index in [0.29, 0.717) is 24.1 Å². The zero-order valence-corrected chi connectivity index (χ0v) is 21.4. The van der Waals surface area contributed by atoms with Crippen molar-refractivity contribution in [1.29, 1.82) is 0 Å². The van der Waals surface area contributed by atoms with Gasteiger partial charge in [0.15, 0.2) is 18.1 Å². The minimum atomic E-state index is -0.0147. The summed E-state index contributed by atoms with van der Waals surface area (Å²) in [6.07, 6.45) is 3.53. The molecule has 0 fully saturated rings. The van der Waals surface area contributed by atoms with Gasteiger partial charge in [0.2, 0.25) is 0 Å². The maximum atomic E-state index is 12.7. The molecule has 1 atom stereocenters. The van der Waals surface area contributed by atoms with Crippen molar-refractivity contribution in [3.63, 3.8) is 0 Å². The van der Waals surface area contributed by atoms with Crippen molar-refractivity contribution in [2.75, 3.05) is 13.2 Å². The third-order valence-electron chi connectivity index (χ3n) is 5.98. The summed E-state index contributed by atoms with van der Waals surface area (Å²) in [6.45, 7) is 11.4. The smallest absolute Gasteiger partial charge is 0.260 e. The average molecular weight is 475 g/mol. The van der Waals surface area contributed by atoms with Gasteiger partial charge in [0.1, 0.15) is 0 Å². The number of carbonyl (C=O) groups excluding carboxylic acids is 1. The molecule has 5 nitrogen and oxygen atoms in total. The molecule has 0 saturated carbocycles. The molecule has 1 aliphatic rings. The Balaban J connectivity index is 0.00000385. The number of amides is 1. The molecule has 33 heavy (non-hydrogen) atoms. The standard InChI is InChI=1S/C27H38N2O3.ClH/c1-6-31-26-16-21(17-28-24-13-9-11-22-10-7-8-12-23(22)24)14-15-25(26)32-18-27(30)29(19(2)3)20(4)5;/h7-8,10,12,14-16,19-20,24,28H,6,9,11,13,17-18H2,1-5H3;1H. The fourth-order valence-electron chi connectivity index (χ4n) is 4.64. The third kappa shape index (κ3) is 7.12. The molecule has 0 saturated heterocycles. The molecule has 1 amide bonds. The second-order valence-corrected chi connectivity index (χ2v) is 9.02. The number of aryl methyl sites for hydroxylation is 1. The van der Waals surface area contributed by atoms with E-state index in [-0.39, 0.29) is 37.0 Å². The summed E-state index contributed by atoms with van der Waals surface area (Å²) in [4.78, 5) is 14.5. The van der Waals surface area contributed by atoms with Crippen LogP contribution in [0.2, 0.25) is 0 Å². The molecular formula is C27H39ClN2O3. The average Bonchev–Trinajstić information content (AvgIpc) is 2.76. The number of rotatable bonds is 10. The van der Waals surface area contributed by atoms with E-state index in [1.54, 1.807) is 0 Å². The van der Waals surface area contributed by atoms with Crippen LogP contribution < -0.4 is 14.8 Å². The summed E-state index contributed by atoms with van der Waals surface area (Å²) in [6, 6.07) is 15.4. The van der Waals surface area contributed by atoms with Crippen molar-refractivity contribution in [2.24, 2.45) is 0 Å². The highest BCUT2D eigenvalue weighted by atomic mass is 35.5. The van der Waals surface area contributed by atoms with Crippen molar-refractivity contribution in [1.82, 2.24) is 10.2 Å². The molecule has 3 rings (SSSR count). The van der Waals surface area contributed by atoms with Crippen LogP contribution in [0.4, 0.5) is 0 Å². The van der Waals surface area contributed by atoms with E-state index in [9.17, 15) is 4.79 Å². The van der Waals surface area contributed by atoms with Crippen molar-refractivity contribution in [3.8, 4) is 11.5 Å². The fraction of sp³-hybridized carbons (Fsp3) is 0.519. The molecule has 0 heterocycles. The van der Waals surface area contributed by atoms with E-state index in [2.05, 4.69) is 29.6 Å². The largest absolute Gasteiger partial charge is 0.490 e. The van der Waals surface area contributed by atoms with E-state index in [1.165, 1.54) is 24.0 Å². The Bertz CT molecular complexity index is 893. The lowest BCUT2D eigenvalue weighted by Crippen LogP contribution is -2.44. The van der Waals surface area contributed by atoms with E-state index in [4.69, 9.17) is 9.47 Å². The Morgan fingerprint density at radius 1 is 1.06 bits per heavy atom. The first-order valence-electron chi connectivity index (χ1n) is 11.9. The SMILES string of the molecule is CCOc1cc(CNC2CCCc3ccccc32)ccc1OCC(=O)N(C(C)C)C(C)C.Cl. The normalized spacial score (nSPS) is 15.1. The van der Waals surface area contributed by atoms with E-state index in [1.807, 2.05) is 57.7 Å². The second-order valence-electron chi connectivity index (χ2n) is 9.02. The van der Waals surface area contributed by atoms with Crippen molar-refractivity contribution in [2.45, 2.75) is 78.6 Å². The topological polar surface area (TPSA) is 50.8 Å². The lowest BCUT2D eigenvalue weighted by Gasteiger charge is -2.30. The molecule has 1 N–H and O–H groups in total. The Hall–Kier alpha value is -2.24. The number of benzene rings is 2. The number of ether oxygens (including phenoxy) is 2. The van der Waals surface area contributed by atoms with Gasteiger partial charge in [-0.05, 0) is 82.7 Å². The number of hydrogen-bond donors (Lipinski definition) is 1. The Labute approximate surface area is 205 Å². The zero-order valence-electron chi connectivity index (χ0n) is 20.6. The van der Waals surface area contributed by atoms with Crippen LogP contribution in [0, 0.1) is 0 Å². The van der Waals surface area contributed by atoms with Gasteiger partial charge < -0.3 is 19.7 Å². The first-order chi connectivity index (χ1) is 15.4. The molecule has 0 aromatic heterocycles. The number of hydrogen-bond acceptors (Lipinski definition) is 4. The minimum Gasteiger partial charge on any atom is -0.490 e. The van der Waals surface area contributed by atoms with E-state index in [0.717, 1.165) is 18.5 Å². The summed E-state index contributed by atoms with van der Waals surface area (Å²) in [5, 5.41) is 3.72. The van der Waals surface area contributed by atoms with Crippen LogP contribution in [0.5, 0.6) is 11.5 Å². The molecule has 0 spiro atoms. The van der Waals surface area contributed by atoms with Crippen molar-refractivity contribution >= 4 is 18.3 Å². The molecule has 182 valence electrons. The van der Waals surface area contributed by atoms with Crippen molar-refractivity contribution in [3.05, 3.63) is 59.2 Å². The Morgan fingerprint density at radius 3 is 2.48 bits per heavy atom. The van der Waals surface area contributed by atoms with Crippen LogP contribution in [-0.4, -0.2) is 36.1 Å². The first-order valence-corrected chi connectivity index (χ1v) is 11.9. The van der Waals surface area contributed by atoms with Gasteiger partial charge >= 0.3 is 0 Å². The summed E-state index contributed by atoms with van der Waals surface area (Å²) in [5.41, 5.74) is 4.01. The van der Waals surface area contributed by atoms with Crippen LogP contribution in [0.3, 0.4) is 0 Å². The molecule has 2 aromatic rings. The summed E-state index contributed by atoms with van der Waals surface area (Å²) in [7, 11) is 0. The lowest BCUT2D eigenvalue weighted by atomic mass is 9.87. The number of carbonyl (C=O) groups is 1. The predicted molar refractivity (Wildman–Crippen MR) is 136 cm³/mol. The fourth-order valence-corrected chi connectivity index (χ4v) is 4.64. The van der Waals surface area contributed by atoms with Gasteiger partial charge in [0, 0.05) is 24.7 Å². The van der Waals surface area contributed by atoms with Gasteiger partial charge in [-0.3, -0.25) is 4.79 Å². The predicted octanol–water partition coefficient (Wildman–Crippen LogP) is 5.70. The molecule has 0 radical (unpaired) electrons. The second kappa shape index (κ2) is 12.9. The highest BCUT2D eigenvalue weighted by Crippen LogP contribution is 2.31. The summed E-state index contributed by atoms with van der Waals surface area (Å²) >= 11 is 0. The quantitative estimate of drug-likeness (QED) is 0.480. The highest BCUT2D eigenvalue weighted by Gasteiger charge is 2.22. The van der Waals surface area contributed by atoms with Crippen LogP contribution >= 0.6 is 12.4 Å². The molecular weight excluding hydrogens is 436 g/mol. The Kier molecular flexibility index (Phi) is 10.5. The first kappa shape index (κ1) is 27.0. The molecule has 1 aliphatic carbocycles. The lowest BCUT2D eigenvalue weighted by molar-refractivity contribution is -0.137. The zero-order chi connectivity index (χ0) is 23.1. The number of halogens is 1. The molecule has 0 aliphatic heterocycles. The summed E-state index contributed by atoms with van der Waals surface area (Å²) < 4.78 is 11.7. The van der Waals surface area contributed by atoms with Crippen LogP contribution in [0.1, 0.15) is 70.2 Å². The van der Waals surface area contributed by atoms with Gasteiger partial charge in [-0.2, -0.15) is 0 Å².